The van der Waals surface area contributed by atoms with E-state index in [1.54, 1.807) is 23.9 Å². The standard InChI is InChI=1S/C19H17FO2S.2C2H6/c1-19(2)17(13-6-10-15(23-3)11-7-13)16(18(21)22-19)12-4-8-14(20)9-5-12;2*1-2/h4-11H,1-3H3;2*1-2H3. The largest absolute Gasteiger partial charge is 0.451 e. The molecule has 1 aliphatic heterocycles. The predicted octanol–water partition coefficient (Wildman–Crippen LogP) is 6.85. The molecule has 0 bridgehead atoms. The van der Waals surface area contributed by atoms with Gasteiger partial charge in [0.05, 0.1) is 5.57 Å². The number of esters is 1. The summed E-state index contributed by atoms with van der Waals surface area (Å²) in [6, 6.07) is 14.0. The Bertz CT molecular complexity index is 775. The molecule has 0 amide bonds. The molecule has 0 saturated heterocycles. The second kappa shape index (κ2) is 10.3. The van der Waals surface area contributed by atoms with Crippen LogP contribution in [0.4, 0.5) is 4.39 Å². The summed E-state index contributed by atoms with van der Waals surface area (Å²) < 4.78 is 18.7. The van der Waals surface area contributed by atoms with E-state index in [-0.39, 0.29) is 11.8 Å². The molecule has 0 unspecified atom stereocenters. The number of hydrogen-bond acceptors (Lipinski definition) is 3. The van der Waals surface area contributed by atoms with Crippen molar-refractivity contribution in [1.82, 2.24) is 0 Å². The van der Waals surface area contributed by atoms with Crippen LogP contribution in [-0.2, 0) is 9.53 Å². The molecule has 0 radical (unpaired) electrons. The second-order valence-corrected chi connectivity index (χ2v) is 6.76. The average Bonchev–Trinajstić information content (AvgIpc) is 2.94. The molecule has 0 spiro atoms. The Morgan fingerprint density at radius 3 is 1.81 bits per heavy atom. The van der Waals surface area contributed by atoms with Gasteiger partial charge in [-0.1, -0.05) is 52.0 Å². The zero-order chi connectivity index (χ0) is 20.6. The number of carbonyl (C=O) groups excluding carboxylic acids is 1. The molecule has 0 N–H and O–H groups in total. The molecule has 2 aromatic rings. The average molecular weight is 389 g/mol. The van der Waals surface area contributed by atoms with Gasteiger partial charge in [-0.25, -0.2) is 9.18 Å². The van der Waals surface area contributed by atoms with Crippen molar-refractivity contribution >= 4 is 28.9 Å². The Morgan fingerprint density at radius 2 is 1.33 bits per heavy atom. The summed E-state index contributed by atoms with van der Waals surface area (Å²) in [6.07, 6.45) is 2.02. The lowest BCUT2D eigenvalue weighted by Gasteiger charge is -2.21. The van der Waals surface area contributed by atoms with Crippen LogP contribution in [0.1, 0.15) is 52.7 Å². The van der Waals surface area contributed by atoms with Gasteiger partial charge < -0.3 is 4.74 Å². The van der Waals surface area contributed by atoms with Gasteiger partial charge in [-0.2, -0.15) is 0 Å². The van der Waals surface area contributed by atoms with E-state index in [1.807, 2.05) is 72.1 Å². The van der Waals surface area contributed by atoms with E-state index >= 15 is 0 Å². The van der Waals surface area contributed by atoms with Crippen LogP contribution in [0.2, 0.25) is 0 Å². The van der Waals surface area contributed by atoms with E-state index < -0.39 is 5.60 Å². The summed E-state index contributed by atoms with van der Waals surface area (Å²) in [5.74, 6) is -0.698. The molecule has 0 aromatic heterocycles. The molecule has 27 heavy (non-hydrogen) atoms. The number of carbonyl (C=O) groups is 1. The molecule has 0 fully saturated rings. The maximum atomic E-state index is 13.2. The van der Waals surface area contributed by atoms with Crippen molar-refractivity contribution in [2.75, 3.05) is 6.26 Å². The summed E-state index contributed by atoms with van der Waals surface area (Å²) in [4.78, 5) is 13.6. The summed E-state index contributed by atoms with van der Waals surface area (Å²) in [7, 11) is 0. The van der Waals surface area contributed by atoms with Crippen molar-refractivity contribution in [1.29, 1.82) is 0 Å². The quantitative estimate of drug-likeness (QED) is 0.425. The predicted molar refractivity (Wildman–Crippen MR) is 114 cm³/mol. The highest BCUT2D eigenvalue weighted by molar-refractivity contribution is 7.98. The maximum absolute atomic E-state index is 13.2. The van der Waals surface area contributed by atoms with Crippen molar-refractivity contribution in [3.05, 3.63) is 65.5 Å². The molecule has 2 aromatic carbocycles. The van der Waals surface area contributed by atoms with Crippen LogP contribution < -0.4 is 0 Å². The molecule has 0 aliphatic carbocycles. The number of rotatable bonds is 3. The Morgan fingerprint density at radius 1 is 0.852 bits per heavy atom. The zero-order valence-electron chi connectivity index (χ0n) is 17.2. The summed E-state index contributed by atoms with van der Waals surface area (Å²) in [5.41, 5.74) is 2.24. The van der Waals surface area contributed by atoms with E-state index in [0.717, 1.165) is 16.0 Å². The molecular formula is C23H29FO2S. The molecule has 1 aliphatic rings. The van der Waals surface area contributed by atoms with Crippen molar-refractivity contribution in [3.8, 4) is 0 Å². The van der Waals surface area contributed by atoms with Gasteiger partial charge in [-0.15, -0.1) is 11.8 Å². The van der Waals surface area contributed by atoms with E-state index in [9.17, 15) is 9.18 Å². The normalized spacial score (nSPS) is 14.6. The SMILES string of the molecule is CC.CC.CSc1ccc(C2=C(c3ccc(F)cc3)C(=O)OC2(C)C)cc1. The van der Waals surface area contributed by atoms with Crippen LogP contribution in [0.15, 0.2) is 53.4 Å². The van der Waals surface area contributed by atoms with Crippen LogP contribution in [0, 0.1) is 5.82 Å². The van der Waals surface area contributed by atoms with Gasteiger partial charge >= 0.3 is 5.97 Å². The number of halogens is 1. The van der Waals surface area contributed by atoms with Crippen LogP contribution >= 0.6 is 11.8 Å². The fraction of sp³-hybridized carbons (Fsp3) is 0.348. The Hall–Kier alpha value is -2.07. The van der Waals surface area contributed by atoms with Crippen molar-refractivity contribution in [2.24, 2.45) is 0 Å². The lowest BCUT2D eigenvalue weighted by molar-refractivity contribution is -0.141. The lowest BCUT2D eigenvalue weighted by Crippen LogP contribution is -2.22. The Kier molecular flexibility index (Phi) is 8.77. The van der Waals surface area contributed by atoms with Crippen molar-refractivity contribution in [2.45, 2.75) is 52.0 Å². The first kappa shape index (κ1) is 23.0. The zero-order valence-corrected chi connectivity index (χ0v) is 18.0. The van der Waals surface area contributed by atoms with Crippen LogP contribution in [0.3, 0.4) is 0 Å². The third kappa shape index (κ3) is 5.23. The summed E-state index contributed by atoms with van der Waals surface area (Å²) in [6.45, 7) is 11.7. The fourth-order valence-corrected chi connectivity index (χ4v) is 3.27. The van der Waals surface area contributed by atoms with Crippen molar-refractivity contribution in [3.63, 3.8) is 0 Å². The first-order chi connectivity index (χ1) is 12.9. The molecule has 0 saturated carbocycles. The van der Waals surface area contributed by atoms with Gasteiger partial charge in [-0.05, 0) is 55.5 Å². The third-order valence-electron chi connectivity index (χ3n) is 3.92. The van der Waals surface area contributed by atoms with E-state index in [1.165, 1.54) is 12.1 Å². The molecule has 3 rings (SSSR count). The lowest BCUT2D eigenvalue weighted by atomic mass is 9.87. The van der Waals surface area contributed by atoms with Gasteiger partial charge in [0.2, 0.25) is 0 Å². The van der Waals surface area contributed by atoms with Crippen LogP contribution in [-0.4, -0.2) is 17.8 Å². The number of hydrogen-bond donors (Lipinski definition) is 0. The van der Waals surface area contributed by atoms with E-state index in [0.29, 0.717) is 11.1 Å². The summed E-state index contributed by atoms with van der Waals surface area (Å²) in [5, 5.41) is 0. The van der Waals surface area contributed by atoms with Gasteiger partial charge in [0.15, 0.2) is 0 Å². The third-order valence-corrected chi connectivity index (χ3v) is 4.66. The van der Waals surface area contributed by atoms with Crippen LogP contribution in [0.5, 0.6) is 0 Å². The minimum absolute atomic E-state index is 0.328. The fourth-order valence-electron chi connectivity index (χ4n) is 2.87. The highest BCUT2D eigenvalue weighted by Crippen LogP contribution is 2.43. The molecule has 1 heterocycles. The first-order valence-electron chi connectivity index (χ1n) is 9.31. The highest BCUT2D eigenvalue weighted by atomic mass is 32.2. The smallest absolute Gasteiger partial charge is 0.340 e. The number of thioether (sulfide) groups is 1. The Labute approximate surface area is 166 Å². The monoisotopic (exact) mass is 388 g/mol. The first-order valence-corrected chi connectivity index (χ1v) is 10.5. The van der Waals surface area contributed by atoms with Gasteiger partial charge in [0.25, 0.3) is 0 Å². The molecule has 0 atom stereocenters. The summed E-state index contributed by atoms with van der Waals surface area (Å²) >= 11 is 1.66. The number of benzene rings is 2. The number of cyclic esters (lactones) is 1. The van der Waals surface area contributed by atoms with E-state index in [2.05, 4.69) is 0 Å². The molecular weight excluding hydrogens is 359 g/mol. The molecule has 2 nitrogen and oxygen atoms in total. The van der Waals surface area contributed by atoms with Gasteiger partial charge in [0, 0.05) is 10.5 Å². The number of ether oxygens (including phenoxy) is 1. The second-order valence-electron chi connectivity index (χ2n) is 5.89. The topological polar surface area (TPSA) is 26.3 Å². The van der Waals surface area contributed by atoms with E-state index in [4.69, 9.17) is 4.74 Å². The van der Waals surface area contributed by atoms with Gasteiger partial charge in [0.1, 0.15) is 11.4 Å². The minimum Gasteiger partial charge on any atom is -0.451 e. The Balaban J connectivity index is 0.000000855. The maximum Gasteiger partial charge on any atom is 0.340 e. The molecule has 146 valence electrons. The van der Waals surface area contributed by atoms with Gasteiger partial charge in [-0.3, -0.25) is 0 Å². The van der Waals surface area contributed by atoms with Crippen molar-refractivity contribution < 1.29 is 13.9 Å². The van der Waals surface area contributed by atoms with Crippen LogP contribution in [0.25, 0.3) is 11.1 Å². The highest BCUT2D eigenvalue weighted by Gasteiger charge is 2.41. The minimum atomic E-state index is -0.721. The molecule has 4 heteroatoms.